The monoisotopic (exact) mass is 269 g/mol. The van der Waals surface area contributed by atoms with Gasteiger partial charge in [0, 0.05) is 11.4 Å². The van der Waals surface area contributed by atoms with Gasteiger partial charge < -0.3 is 5.11 Å². The van der Waals surface area contributed by atoms with E-state index in [2.05, 4.69) is 4.90 Å². The number of fused-ring (bicyclic) bond motifs is 1. The molecule has 18 heavy (non-hydrogen) atoms. The van der Waals surface area contributed by atoms with Gasteiger partial charge in [-0.3, -0.25) is 4.90 Å². The van der Waals surface area contributed by atoms with Crippen molar-refractivity contribution in [1.29, 1.82) is 0 Å². The summed E-state index contributed by atoms with van der Waals surface area (Å²) < 4.78 is 13.9. The first kappa shape index (κ1) is 12.4. The van der Waals surface area contributed by atoms with Crippen LogP contribution in [0.25, 0.3) is 0 Å². The summed E-state index contributed by atoms with van der Waals surface area (Å²) in [6.07, 6.45) is 3.45. The highest BCUT2D eigenvalue weighted by atomic mass is 35.5. The molecule has 1 N–H and O–H groups in total. The quantitative estimate of drug-likeness (QED) is 0.847. The van der Waals surface area contributed by atoms with Crippen molar-refractivity contribution < 1.29 is 9.50 Å². The SMILES string of the molecule is O[C@@H]1Cc2c(F)cc(Cl)cc2[C@H]1N1CCCCC1. The van der Waals surface area contributed by atoms with Gasteiger partial charge in [0.15, 0.2) is 0 Å². The first-order valence-corrected chi connectivity index (χ1v) is 6.94. The van der Waals surface area contributed by atoms with Crippen LogP contribution in [0.4, 0.5) is 4.39 Å². The number of aliphatic hydroxyl groups excluding tert-OH is 1. The van der Waals surface area contributed by atoms with Crippen molar-refractivity contribution in [3.8, 4) is 0 Å². The van der Waals surface area contributed by atoms with Crippen LogP contribution in [-0.2, 0) is 6.42 Å². The maximum atomic E-state index is 13.9. The van der Waals surface area contributed by atoms with Crippen molar-refractivity contribution in [3.63, 3.8) is 0 Å². The number of nitrogens with zero attached hydrogens (tertiary/aromatic N) is 1. The Hall–Kier alpha value is -0.640. The van der Waals surface area contributed by atoms with Crippen LogP contribution in [0.1, 0.15) is 36.4 Å². The predicted molar refractivity (Wildman–Crippen MR) is 69.3 cm³/mol. The summed E-state index contributed by atoms with van der Waals surface area (Å²) in [4.78, 5) is 2.27. The summed E-state index contributed by atoms with van der Waals surface area (Å²) in [7, 11) is 0. The topological polar surface area (TPSA) is 23.5 Å². The van der Waals surface area contributed by atoms with E-state index in [9.17, 15) is 9.50 Å². The van der Waals surface area contributed by atoms with E-state index in [0.717, 1.165) is 31.5 Å². The van der Waals surface area contributed by atoms with Crippen molar-refractivity contribution >= 4 is 11.6 Å². The molecule has 0 spiro atoms. The van der Waals surface area contributed by atoms with Crippen LogP contribution in [0.5, 0.6) is 0 Å². The highest BCUT2D eigenvalue weighted by Crippen LogP contribution is 2.39. The second kappa shape index (κ2) is 4.80. The van der Waals surface area contributed by atoms with Gasteiger partial charge in [-0.05, 0) is 49.2 Å². The zero-order valence-electron chi connectivity index (χ0n) is 10.2. The van der Waals surface area contributed by atoms with E-state index < -0.39 is 6.10 Å². The van der Waals surface area contributed by atoms with Crippen LogP contribution in [0.15, 0.2) is 12.1 Å². The fourth-order valence-electron chi connectivity index (χ4n) is 3.27. The second-order valence-electron chi connectivity index (χ2n) is 5.27. The van der Waals surface area contributed by atoms with Crippen LogP contribution < -0.4 is 0 Å². The number of hydrogen-bond acceptors (Lipinski definition) is 2. The average Bonchev–Trinajstić information content (AvgIpc) is 2.67. The molecule has 0 aromatic heterocycles. The molecule has 0 amide bonds. The highest BCUT2D eigenvalue weighted by molar-refractivity contribution is 6.30. The Kier molecular flexibility index (Phi) is 3.31. The lowest BCUT2D eigenvalue weighted by molar-refractivity contribution is 0.0495. The molecule has 2 atom stereocenters. The maximum Gasteiger partial charge on any atom is 0.128 e. The van der Waals surface area contributed by atoms with E-state index in [0.29, 0.717) is 17.0 Å². The van der Waals surface area contributed by atoms with Crippen LogP contribution in [0.2, 0.25) is 5.02 Å². The van der Waals surface area contributed by atoms with E-state index in [1.54, 1.807) is 0 Å². The maximum absolute atomic E-state index is 13.9. The third-order valence-corrected chi connectivity index (χ3v) is 4.29. The summed E-state index contributed by atoms with van der Waals surface area (Å²) in [5, 5.41) is 10.6. The van der Waals surface area contributed by atoms with E-state index in [1.807, 2.05) is 6.07 Å². The lowest BCUT2D eigenvalue weighted by Crippen LogP contribution is -2.37. The van der Waals surface area contributed by atoms with Gasteiger partial charge in [-0.15, -0.1) is 0 Å². The molecule has 1 aromatic carbocycles. The first-order chi connectivity index (χ1) is 8.66. The lowest BCUT2D eigenvalue weighted by Gasteiger charge is -2.34. The minimum Gasteiger partial charge on any atom is -0.391 e. The van der Waals surface area contributed by atoms with Crippen molar-refractivity contribution in [3.05, 3.63) is 34.1 Å². The molecule has 3 rings (SSSR count). The van der Waals surface area contributed by atoms with E-state index in [-0.39, 0.29) is 11.9 Å². The first-order valence-electron chi connectivity index (χ1n) is 6.57. The van der Waals surface area contributed by atoms with Crippen LogP contribution in [0.3, 0.4) is 0 Å². The van der Waals surface area contributed by atoms with Gasteiger partial charge in [0.25, 0.3) is 0 Å². The smallest absolute Gasteiger partial charge is 0.128 e. The third kappa shape index (κ3) is 2.04. The van der Waals surface area contributed by atoms with Crippen molar-refractivity contribution in [2.24, 2.45) is 0 Å². The van der Waals surface area contributed by atoms with Gasteiger partial charge in [-0.1, -0.05) is 18.0 Å². The molecule has 1 aliphatic heterocycles. The van der Waals surface area contributed by atoms with E-state index in [1.165, 1.54) is 12.5 Å². The fraction of sp³-hybridized carbons (Fsp3) is 0.571. The van der Waals surface area contributed by atoms with Gasteiger partial charge in [0.1, 0.15) is 5.82 Å². The van der Waals surface area contributed by atoms with E-state index in [4.69, 9.17) is 11.6 Å². The molecular weight excluding hydrogens is 253 g/mol. The number of aliphatic hydroxyl groups is 1. The number of likely N-dealkylation sites (tertiary alicyclic amines) is 1. The molecule has 0 radical (unpaired) electrons. The zero-order chi connectivity index (χ0) is 12.7. The number of piperidine rings is 1. The fourth-order valence-corrected chi connectivity index (χ4v) is 3.48. The van der Waals surface area contributed by atoms with Crippen LogP contribution in [-0.4, -0.2) is 29.2 Å². The summed E-state index contributed by atoms with van der Waals surface area (Å²) in [6, 6.07) is 3.08. The Bertz CT molecular complexity index is 459. The largest absolute Gasteiger partial charge is 0.391 e. The van der Waals surface area contributed by atoms with Crippen LogP contribution >= 0.6 is 11.6 Å². The van der Waals surface area contributed by atoms with Crippen molar-refractivity contribution in [2.45, 2.75) is 37.8 Å². The molecule has 0 saturated carbocycles. The Morgan fingerprint density at radius 2 is 1.94 bits per heavy atom. The van der Waals surface area contributed by atoms with Gasteiger partial charge in [-0.2, -0.15) is 0 Å². The Morgan fingerprint density at radius 3 is 2.67 bits per heavy atom. The van der Waals surface area contributed by atoms with Gasteiger partial charge >= 0.3 is 0 Å². The minimum absolute atomic E-state index is 0.0755. The summed E-state index contributed by atoms with van der Waals surface area (Å²) in [5.74, 6) is -0.281. The van der Waals surface area contributed by atoms with Crippen molar-refractivity contribution in [1.82, 2.24) is 4.90 Å². The Labute approximate surface area is 111 Å². The molecular formula is C14H17ClFNO. The Balaban J connectivity index is 1.97. The average molecular weight is 270 g/mol. The second-order valence-corrected chi connectivity index (χ2v) is 5.70. The lowest BCUT2D eigenvalue weighted by atomic mass is 10.0. The van der Waals surface area contributed by atoms with Gasteiger partial charge in [0.2, 0.25) is 0 Å². The Morgan fingerprint density at radius 1 is 1.22 bits per heavy atom. The molecule has 1 saturated heterocycles. The molecule has 4 heteroatoms. The number of hydrogen-bond donors (Lipinski definition) is 1. The number of benzene rings is 1. The summed E-state index contributed by atoms with van der Waals surface area (Å²) in [6.45, 7) is 1.96. The van der Waals surface area contributed by atoms with Gasteiger partial charge in [0.05, 0.1) is 12.1 Å². The molecule has 98 valence electrons. The highest BCUT2D eigenvalue weighted by Gasteiger charge is 2.37. The molecule has 0 bridgehead atoms. The zero-order valence-corrected chi connectivity index (χ0v) is 11.0. The van der Waals surface area contributed by atoms with E-state index >= 15 is 0 Å². The van der Waals surface area contributed by atoms with Crippen LogP contribution in [0, 0.1) is 5.82 Å². The normalized spacial score (nSPS) is 28.4. The molecule has 1 heterocycles. The molecule has 1 aromatic rings. The molecule has 0 unspecified atom stereocenters. The molecule has 2 aliphatic rings. The minimum atomic E-state index is -0.508. The standard InChI is InChI=1S/C14H17ClFNO/c15-9-6-11-10(12(16)7-9)8-13(18)14(11)17-4-2-1-3-5-17/h6-7,13-14,18H,1-5,8H2/t13-,14-/m1/s1. The van der Waals surface area contributed by atoms with Crippen molar-refractivity contribution in [2.75, 3.05) is 13.1 Å². The summed E-state index contributed by atoms with van der Waals surface area (Å²) in [5.41, 5.74) is 1.52. The number of rotatable bonds is 1. The predicted octanol–water partition coefficient (Wildman–Crippen LogP) is 2.92. The molecule has 1 aliphatic carbocycles. The third-order valence-electron chi connectivity index (χ3n) is 4.08. The molecule has 1 fully saturated rings. The number of halogens is 2. The van der Waals surface area contributed by atoms with Gasteiger partial charge in [-0.25, -0.2) is 4.39 Å². The summed E-state index contributed by atoms with van der Waals surface area (Å²) >= 11 is 5.94. The molecule has 2 nitrogen and oxygen atoms in total.